The summed E-state index contributed by atoms with van der Waals surface area (Å²) in [4.78, 5) is 41.6. The minimum absolute atomic E-state index is 0.0202. The number of alkyl halides is 3. The average molecular weight is 468 g/mol. The minimum atomic E-state index is -4.53. The van der Waals surface area contributed by atoms with Crippen LogP contribution in [0.3, 0.4) is 0 Å². The van der Waals surface area contributed by atoms with Crippen molar-refractivity contribution in [2.45, 2.75) is 25.1 Å². The van der Waals surface area contributed by atoms with Gasteiger partial charge in [-0.15, -0.1) is 0 Å². The molecule has 0 radical (unpaired) electrons. The van der Waals surface area contributed by atoms with Gasteiger partial charge in [-0.25, -0.2) is 19.9 Å². The molecule has 2 aromatic heterocycles. The zero-order chi connectivity index (χ0) is 24.0. The highest BCUT2D eigenvalue weighted by Gasteiger charge is 2.30. The fourth-order valence-electron chi connectivity index (χ4n) is 3.08. The van der Waals surface area contributed by atoms with E-state index in [-0.39, 0.29) is 29.8 Å². The van der Waals surface area contributed by atoms with E-state index in [0.717, 1.165) is 5.56 Å². The van der Waals surface area contributed by atoms with Crippen molar-refractivity contribution in [1.82, 2.24) is 30.6 Å². The predicted octanol–water partition coefficient (Wildman–Crippen LogP) is 0.679. The normalized spacial score (nSPS) is 15.8. The maximum atomic E-state index is 12.6. The molecule has 1 aliphatic rings. The maximum Gasteiger partial charge on any atom is 0.405 e. The zero-order valence-corrected chi connectivity index (χ0v) is 17.9. The molecule has 4 N–H and O–H groups in total. The van der Waals surface area contributed by atoms with Gasteiger partial charge in [0.15, 0.2) is 0 Å². The molecule has 178 valence electrons. The van der Waals surface area contributed by atoms with E-state index >= 15 is 0 Å². The summed E-state index contributed by atoms with van der Waals surface area (Å²) in [5.74, 6) is -0.758. The summed E-state index contributed by atoms with van der Waals surface area (Å²) in [5.41, 5.74) is 0.753. The van der Waals surface area contributed by atoms with E-state index < -0.39 is 30.6 Å². The fourth-order valence-corrected chi connectivity index (χ4v) is 3.08. The lowest BCUT2D eigenvalue weighted by atomic mass is 10.0. The molecule has 3 heterocycles. The van der Waals surface area contributed by atoms with Gasteiger partial charge in [0.25, 0.3) is 5.91 Å². The van der Waals surface area contributed by atoms with Gasteiger partial charge >= 0.3 is 6.18 Å². The Hall–Kier alpha value is -3.55. The Morgan fingerprint density at radius 3 is 2.82 bits per heavy atom. The number of hydrogen-bond donors (Lipinski definition) is 4. The van der Waals surface area contributed by atoms with Crippen LogP contribution < -0.4 is 21.3 Å². The third-order valence-electron chi connectivity index (χ3n) is 4.69. The molecule has 33 heavy (non-hydrogen) atoms. The number of carbonyl (C=O) groups is 2. The Morgan fingerprint density at radius 1 is 1.30 bits per heavy atom. The number of ether oxygens (including phenoxy) is 1. The highest BCUT2D eigenvalue weighted by molar-refractivity contribution is 5.93. The van der Waals surface area contributed by atoms with Crippen molar-refractivity contribution in [3.63, 3.8) is 0 Å². The number of nitrogens with zero attached hydrogens (tertiary/aromatic N) is 4. The Bertz CT molecular complexity index is 1000. The Labute approximate surface area is 187 Å². The summed E-state index contributed by atoms with van der Waals surface area (Å²) < 4.78 is 42.1. The quantitative estimate of drug-likeness (QED) is 0.391. The summed E-state index contributed by atoms with van der Waals surface area (Å²) in [6, 6.07) is 0.265. The molecule has 1 unspecified atom stereocenters. The molecule has 0 fully saturated rings. The summed E-state index contributed by atoms with van der Waals surface area (Å²) in [6.07, 6.45) is -1.53. The number of hydrogen-bond acceptors (Lipinski definition) is 9. The second-order valence-corrected chi connectivity index (χ2v) is 7.20. The maximum absolute atomic E-state index is 12.6. The first-order valence-electron chi connectivity index (χ1n) is 9.99. The van der Waals surface area contributed by atoms with Gasteiger partial charge in [0.2, 0.25) is 5.91 Å². The number of rotatable bonds is 9. The van der Waals surface area contributed by atoms with E-state index in [1.807, 2.05) is 5.32 Å². The van der Waals surface area contributed by atoms with Crippen LogP contribution in [-0.4, -0.2) is 77.3 Å². The van der Waals surface area contributed by atoms with Crippen LogP contribution >= 0.6 is 0 Å². The molecule has 2 amide bonds. The van der Waals surface area contributed by atoms with Crippen LogP contribution in [0.1, 0.15) is 34.7 Å². The first-order valence-corrected chi connectivity index (χ1v) is 9.99. The number of halogens is 3. The Morgan fingerprint density at radius 2 is 2.09 bits per heavy atom. The van der Waals surface area contributed by atoms with Crippen LogP contribution in [0.15, 0.2) is 18.6 Å². The summed E-state index contributed by atoms with van der Waals surface area (Å²) in [5, 5.41) is 10.3. The minimum Gasteiger partial charge on any atom is -0.383 e. The molecule has 0 aliphatic carbocycles. The topological polar surface area (TPSA) is 143 Å². The lowest BCUT2D eigenvalue weighted by molar-refractivity contribution is -0.138. The molecule has 1 aliphatic heterocycles. The number of aromatic nitrogens is 4. The van der Waals surface area contributed by atoms with E-state index in [2.05, 4.69) is 35.9 Å². The Kier molecular flexibility index (Phi) is 7.58. The highest BCUT2D eigenvalue weighted by atomic mass is 19.4. The average Bonchev–Trinajstić information content (AvgIpc) is 3.21. The number of amides is 2. The van der Waals surface area contributed by atoms with E-state index in [4.69, 9.17) is 4.74 Å². The van der Waals surface area contributed by atoms with Crippen LogP contribution in [0.4, 0.5) is 24.8 Å². The number of fused-ring (bicyclic) bond motifs is 1. The van der Waals surface area contributed by atoms with Gasteiger partial charge in [0.05, 0.1) is 12.5 Å². The second-order valence-electron chi connectivity index (χ2n) is 7.20. The molecular weight excluding hydrogens is 445 g/mol. The molecule has 14 heteroatoms. The Balaban J connectivity index is 1.85. The van der Waals surface area contributed by atoms with Gasteiger partial charge in [-0.05, 0) is 6.92 Å². The molecule has 0 aromatic carbocycles. The molecule has 2 aromatic rings. The van der Waals surface area contributed by atoms with Crippen molar-refractivity contribution in [3.8, 4) is 0 Å². The largest absolute Gasteiger partial charge is 0.405 e. The van der Waals surface area contributed by atoms with Gasteiger partial charge in [-0.3, -0.25) is 9.59 Å². The highest BCUT2D eigenvalue weighted by Crippen LogP contribution is 2.32. The number of carbonyl (C=O) groups excluding carboxylic acids is 2. The van der Waals surface area contributed by atoms with Crippen molar-refractivity contribution in [2.24, 2.45) is 0 Å². The number of anilines is 2. The number of nitrogens with one attached hydrogen (secondary N) is 4. The standard InChI is InChI=1S/C19H23F3N8O3/c1-10(17(31)26-8-19(20,21)22)28-14-5-13(18(32)24-3-4-33-2)29-16(30-14)12-7-25-15-11(12)6-23-9-27-15/h5-6,9-10,12H,3-4,7-8H2,1-2H3,(H,24,32)(H,26,31)(H,23,25,27)(H,28,29,30)/t10-,12?/m0/s1. The van der Waals surface area contributed by atoms with Crippen molar-refractivity contribution in [2.75, 3.05) is 44.0 Å². The lowest BCUT2D eigenvalue weighted by Crippen LogP contribution is -2.42. The van der Waals surface area contributed by atoms with Crippen LogP contribution in [-0.2, 0) is 9.53 Å². The van der Waals surface area contributed by atoms with E-state index in [0.29, 0.717) is 19.0 Å². The first-order chi connectivity index (χ1) is 15.7. The smallest absolute Gasteiger partial charge is 0.383 e. The monoisotopic (exact) mass is 468 g/mol. The van der Waals surface area contributed by atoms with Crippen LogP contribution in [0.5, 0.6) is 0 Å². The molecule has 2 atom stereocenters. The summed E-state index contributed by atoms with van der Waals surface area (Å²) >= 11 is 0. The summed E-state index contributed by atoms with van der Waals surface area (Å²) in [6.45, 7) is 0.873. The van der Waals surface area contributed by atoms with Crippen LogP contribution in [0.2, 0.25) is 0 Å². The third-order valence-corrected chi connectivity index (χ3v) is 4.69. The van der Waals surface area contributed by atoms with Crippen molar-refractivity contribution < 1.29 is 27.5 Å². The van der Waals surface area contributed by atoms with Gasteiger partial charge < -0.3 is 26.0 Å². The van der Waals surface area contributed by atoms with E-state index in [9.17, 15) is 22.8 Å². The van der Waals surface area contributed by atoms with Crippen LogP contribution in [0.25, 0.3) is 0 Å². The lowest BCUT2D eigenvalue weighted by Gasteiger charge is -2.18. The summed E-state index contributed by atoms with van der Waals surface area (Å²) in [7, 11) is 1.49. The second kappa shape index (κ2) is 10.4. The first kappa shape index (κ1) is 24.1. The molecule has 3 rings (SSSR count). The zero-order valence-electron chi connectivity index (χ0n) is 17.9. The molecular formula is C19H23F3N8O3. The van der Waals surface area contributed by atoms with Crippen molar-refractivity contribution in [3.05, 3.63) is 35.7 Å². The SMILES string of the molecule is COCCNC(=O)c1cc(N[C@@H](C)C(=O)NCC(F)(F)F)nc(C2CNc3ncncc32)n1. The van der Waals surface area contributed by atoms with E-state index in [1.165, 1.54) is 26.4 Å². The van der Waals surface area contributed by atoms with Crippen molar-refractivity contribution in [1.29, 1.82) is 0 Å². The third kappa shape index (κ3) is 6.47. The fraction of sp³-hybridized carbons (Fsp3) is 0.474. The van der Waals surface area contributed by atoms with Gasteiger partial charge in [0.1, 0.15) is 42.1 Å². The molecule has 0 saturated heterocycles. The predicted molar refractivity (Wildman–Crippen MR) is 111 cm³/mol. The molecule has 0 bridgehead atoms. The van der Waals surface area contributed by atoms with E-state index in [1.54, 1.807) is 6.20 Å². The van der Waals surface area contributed by atoms with Crippen molar-refractivity contribution >= 4 is 23.5 Å². The van der Waals surface area contributed by atoms with Crippen LogP contribution in [0, 0.1) is 0 Å². The number of methoxy groups -OCH3 is 1. The van der Waals surface area contributed by atoms with Gasteiger partial charge in [-0.2, -0.15) is 13.2 Å². The van der Waals surface area contributed by atoms with Gasteiger partial charge in [-0.1, -0.05) is 0 Å². The molecule has 11 nitrogen and oxygen atoms in total. The molecule has 0 saturated carbocycles. The van der Waals surface area contributed by atoms with Gasteiger partial charge in [0, 0.05) is 38.0 Å². The molecule has 0 spiro atoms.